The first-order valence-electron chi connectivity index (χ1n) is 10.6. The van der Waals surface area contributed by atoms with Gasteiger partial charge in [0.05, 0.1) is 15.6 Å². The van der Waals surface area contributed by atoms with E-state index in [0.717, 1.165) is 29.5 Å². The minimum atomic E-state index is -4.68. The van der Waals surface area contributed by atoms with Gasteiger partial charge in [0, 0.05) is 30.3 Å². The van der Waals surface area contributed by atoms with E-state index in [2.05, 4.69) is 4.72 Å². The molecule has 0 spiro atoms. The number of primary amides is 1. The Hall–Kier alpha value is -2.80. The number of nitrogens with zero attached hydrogens (tertiary/aromatic N) is 1. The summed E-state index contributed by atoms with van der Waals surface area (Å²) in [7, 11) is -2.45. The maximum atomic E-state index is 13.6. The summed E-state index contributed by atoms with van der Waals surface area (Å²) in [5, 5.41) is 0. The SMILES string of the molecule is CN1CC[C@@H](Oc2cc(NS(=O)(=O)c3sc(Cl)cc3-c3cccc(C(N)=O)c3)ccc2C(F)(F)F)C1. The highest BCUT2D eigenvalue weighted by molar-refractivity contribution is 7.94. The molecule has 1 atom stereocenters. The van der Waals surface area contributed by atoms with Crippen molar-refractivity contribution < 1.29 is 31.1 Å². The van der Waals surface area contributed by atoms with Gasteiger partial charge in [0.1, 0.15) is 16.1 Å². The zero-order valence-corrected chi connectivity index (χ0v) is 21.2. The van der Waals surface area contributed by atoms with Crippen molar-refractivity contribution in [2.24, 2.45) is 5.73 Å². The quantitative estimate of drug-likeness (QED) is 0.421. The van der Waals surface area contributed by atoms with Crippen molar-refractivity contribution in [3.8, 4) is 16.9 Å². The molecule has 13 heteroatoms. The number of nitrogens with one attached hydrogen (secondary N) is 1. The molecule has 1 aromatic heterocycles. The summed E-state index contributed by atoms with van der Waals surface area (Å²) in [5.74, 6) is -1.15. The Morgan fingerprint density at radius 3 is 2.61 bits per heavy atom. The molecule has 0 radical (unpaired) electrons. The zero-order chi connectivity index (χ0) is 26.3. The minimum absolute atomic E-state index is 0.106. The molecule has 1 aliphatic rings. The fourth-order valence-electron chi connectivity index (χ4n) is 3.88. The van der Waals surface area contributed by atoms with Crippen LogP contribution in [0.2, 0.25) is 4.34 Å². The van der Waals surface area contributed by atoms with E-state index >= 15 is 0 Å². The van der Waals surface area contributed by atoms with E-state index < -0.39 is 39.5 Å². The highest BCUT2D eigenvalue weighted by atomic mass is 35.5. The second kappa shape index (κ2) is 9.92. The second-order valence-electron chi connectivity index (χ2n) is 8.30. The van der Waals surface area contributed by atoms with Crippen LogP contribution >= 0.6 is 22.9 Å². The average molecular weight is 560 g/mol. The standard InChI is InChI=1S/C23H21ClF3N3O4S2/c1-30-8-7-16(12-30)34-19-10-15(5-6-18(19)23(25,26)27)29-36(32,33)22-17(11-20(24)35-22)13-3-2-4-14(9-13)21(28)31/h2-6,9-11,16,29H,7-8,12H2,1H3,(H2,28,31)/t16-/m1/s1. The molecule has 2 heterocycles. The molecule has 36 heavy (non-hydrogen) atoms. The molecule has 1 amide bonds. The molecule has 0 bridgehead atoms. The number of likely N-dealkylation sites (N-methyl/N-ethyl adjacent to an activating group) is 1. The topological polar surface area (TPSA) is 102 Å². The second-order valence-corrected chi connectivity index (χ2v) is 11.9. The smallest absolute Gasteiger partial charge is 0.419 e. The van der Waals surface area contributed by atoms with Crippen LogP contribution in [0.3, 0.4) is 0 Å². The third-order valence-electron chi connectivity index (χ3n) is 5.55. The van der Waals surface area contributed by atoms with Crippen LogP contribution in [-0.4, -0.2) is 45.5 Å². The lowest BCUT2D eigenvalue weighted by Crippen LogP contribution is -2.23. The number of sulfonamides is 1. The Balaban J connectivity index is 1.69. The van der Waals surface area contributed by atoms with Crippen LogP contribution in [0.5, 0.6) is 5.75 Å². The van der Waals surface area contributed by atoms with E-state index in [4.69, 9.17) is 22.1 Å². The van der Waals surface area contributed by atoms with Gasteiger partial charge in [0.25, 0.3) is 10.0 Å². The molecular weight excluding hydrogens is 539 g/mol. The number of carbonyl (C=O) groups is 1. The molecule has 0 unspecified atom stereocenters. The monoisotopic (exact) mass is 559 g/mol. The van der Waals surface area contributed by atoms with Crippen molar-refractivity contribution in [3.63, 3.8) is 0 Å². The summed E-state index contributed by atoms with van der Waals surface area (Å²) in [4.78, 5) is 13.5. The summed E-state index contributed by atoms with van der Waals surface area (Å²) < 4.78 is 75.3. The Kier molecular flexibility index (Phi) is 7.24. The van der Waals surface area contributed by atoms with Crippen LogP contribution in [0.25, 0.3) is 11.1 Å². The maximum absolute atomic E-state index is 13.6. The van der Waals surface area contributed by atoms with Gasteiger partial charge in [-0.25, -0.2) is 8.42 Å². The van der Waals surface area contributed by atoms with Gasteiger partial charge >= 0.3 is 6.18 Å². The number of thiophene rings is 1. The van der Waals surface area contributed by atoms with Gasteiger partial charge in [0.15, 0.2) is 0 Å². The number of hydrogen-bond donors (Lipinski definition) is 2. The van der Waals surface area contributed by atoms with E-state index in [0.29, 0.717) is 25.1 Å². The molecule has 192 valence electrons. The molecule has 4 rings (SSSR count). The first kappa shape index (κ1) is 26.3. The molecule has 1 aliphatic heterocycles. The first-order valence-corrected chi connectivity index (χ1v) is 13.3. The van der Waals surface area contributed by atoms with Gasteiger partial charge in [0.2, 0.25) is 5.91 Å². The molecule has 0 aliphatic carbocycles. The third kappa shape index (κ3) is 5.77. The van der Waals surface area contributed by atoms with E-state index in [-0.39, 0.29) is 25.4 Å². The predicted octanol–water partition coefficient (Wildman–Crippen LogP) is 5.07. The molecular formula is C23H21ClF3N3O4S2. The van der Waals surface area contributed by atoms with Crippen molar-refractivity contribution in [1.82, 2.24) is 4.90 Å². The predicted molar refractivity (Wildman–Crippen MR) is 132 cm³/mol. The lowest BCUT2D eigenvalue weighted by atomic mass is 10.1. The summed E-state index contributed by atoms with van der Waals surface area (Å²) in [6.45, 7) is 1.13. The minimum Gasteiger partial charge on any atom is -0.488 e. The van der Waals surface area contributed by atoms with E-state index in [1.165, 1.54) is 18.2 Å². The zero-order valence-electron chi connectivity index (χ0n) is 18.8. The summed E-state index contributed by atoms with van der Waals surface area (Å²) in [6.07, 6.45) is -4.59. The van der Waals surface area contributed by atoms with Gasteiger partial charge in [-0.05, 0) is 49.4 Å². The Morgan fingerprint density at radius 2 is 1.97 bits per heavy atom. The number of hydrogen-bond acceptors (Lipinski definition) is 6. The Bertz CT molecular complexity index is 1410. The Labute approximate surface area is 214 Å². The van der Waals surface area contributed by atoms with Crippen molar-refractivity contribution in [3.05, 3.63) is 64.0 Å². The fourth-order valence-corrected chi connectivity index (χ4v) is 6.82. The van der Waals surface area contributed by atoms with E-state index in [1.807, 2.05) is 11.9 Å². The van der Waals surface area contributed by atoms with Gasteiger partial charge < -0.3 is 15.4 Å². The molecule has 1 saturated heterocycles. The first-order chi connectivity index (χ1) is 16.8. The summed E-state index contributed by atoms with van der Waals surface area (Å²) in [6, 6.07) is 10.3. The number of alkyl halides is 3. The Morgan fingerprint density at radius 1 is 1.22 bits per heavy atom. The number of ether oxygens (including phenoxy) is 1. The van der Waals surface area contributed by atoms with Crippen LogP contribution in [0.15, 0.2) is 52.7 Å². The van der Waals surface area contributed by atoms with Crippen molar-refractivity contribution >= 4 is 44.6 Å². The number of carbonyl (C=O) groups excluding carboxylic acids is 1. The van der Waals surface area contributed by atoms with Crippen LogP contribution in [0, 0.1) is 0 Å². The number of anilines is 1. The fraction of sp³-hybridized carbons (Fsp3) is 0.261. The van der Waals surface area contributed by atoms with Crippen molar-refractivity contribution in [2.45, 2.75) is 22.9 Å². The average Bonchev–Trinajstić information content (AvgIpc) is 3.38. The molecule has 7 nitrogen and oxygen atoms in total. The van der Waals surface area contributed by atoms with Crippen LogP contribution in [0.1, 0.15) is 22.3 Å². The number of benzene rings is 2. The highest BCUT2D eigenvalue weighted by Gasteiger charge is 2.36. The van der Waals surface area contributed by atoms with E-state index in [1.54, 1.807) is 12.1 Å². The largest absolute Gasteiger partial charge is 0.488 e. The van der Waals surface area contributed by atoms with Crippen LogP contribution < -0.4 is 15.2 Å². The van der Waals surface area contributed by atoms with Crippen molar-refractivity contribution in [2.75, 3.05) is 24.9 Å². The number of amides is 1. The van der Waals surface area contributed by atoms with Gasteiger partial charge in [-0.1, -0.05) is 23.7 Å². The lowest BCUT2D eigenvalue weighted by Gasteiger charge is -2.19. The van der Waals surface area contributed by atoms with Crippen molar-refractivity contribution in [1.29, 1.82) is 0 Å². The van der Waals surface area contributed by atoms with Crippen LogP contribution in [0.4, 0.5) is 18.9 Å². The summed E-state index contributed by atoms with van der Waals surface area (Å²) in [5.41, 5.74) is 5.00. The summed E-state index contributed by atoms with van der Waals surface area (Å²) >= 11 is 6.89. The molecule has 1 fully saturated rings. The maximum Gasteiger partial charge on any atom is 0.419 e. The molecule has 0 saturated carbocycles. The lowest BCUT2D eigenvalue weighted by molar-refractivity contribution is -0.139. The molecule has 3 N–H and O–H groups in total. The van der Waals surface area contributed by atoms with Gasteiger partial charge in [-0.3, -0.25) is 9.52 Å². The normalized spacial score (nSPS) is 16.8. The number of halogens is 4. The van der Waals surface area contributed by atoms with Gasteiger partial charge in [-0.2, -0.15) is 13.2 Å². The van der Waals surface area contributed by atoms with Gasteiger partial charge in [-0.15, -0.1) is 11.3 Å². The third-order valence-corrected chi connectivity index (χ3v) is 8.73. The van der Waals surface area contributed by atoms with Crippen LogP contribution in [-0.2, 0) is 16.2 Å². The number of rotatable bonds is 7. The molecule has 2 aromatic carbocycles. The number of nitrogens with two attached hydrogens (primary N) is 1. The highest BCUT2D eigenvalue weighted by Crippen LogP contribution is 2.41. The van der Waals surface area contributed by atoms with E-state index in [9.17, 15) is 26.4 Å². The molecule has 3 aromatic rings. The number of likely N-dealkylation sites (tertiary alicyclic amines) is 1.